The van der Waals surface area contributed by atoms with Crippen molar-refractivity contribution in [1.29, 1.82) is 0 Å². The first-order chi connectivity index (χ1) is 11.5. The van der Waals surface area contributed by atoms with Crippen molar-refractivity contribution in [1.82, 2.24) is 0 Å². The molecule has 0 heterocycles. The van der Waals surface area contributed by atoms with Gasteiger partial charge in [0.1, 0.15) is 0 Å². The van der Waals surface area contributed by atoms with Gasteiger partial charge in [-0.2, -0.15) is 0 Å². The molecule has 6 heteroatoms. The van der Waals surface area contributed by atoms with Crippen LogP contribution >= 0.6 is 0 Å². The quantitative estimate of drug-likeness (QED) is 0.233. The molecule has 6 nitrogen and oxygen atoms in total. The molecule has 0 aliphatic carbocycles. The van der Waals surface area contributed by atoms with Crippen LogP contribution in [0.5, 0.6) is 0 Å². The normalized spacial score (nSPS) is 10.6. The Morgan fingerprint density at radius 2 is 1.00 bits per heavy atom. The fourth-order valence-corrected chi connectivity index (χ4v) is 1.92. The van der Waals surface area contributed by atoms with E-state index in [1.807, 2.05) is 0 Å². The summed E-state index contributed by atoms with van der Waals surface area (Å²) in [5.74, 6) is -3.13. The molecule has 0 N–H and O–H groups in total. The summed E-state index contributed by atoms with van der Waals surface area (Å²) in [6, 6.07) is 0. The maximum absolute atomic E-state index is 11.4. The lowest BCUT2D eigenvalue weighted by atomic mass is 10.2. The Kier molecular flexibility index (Phi) is 13.4. The zero-order valence-corrected chi connectivity index (χ0v) is 14.7. The Morgan fingerprint density at radius 1 is 0.625 bits per heavy atom. The number of carbonyl (C=O) groups excluding carboxylic acids is 4. The molecule has 0 bridgehead atoms. The van der Waals surface area contributed by atoms with E-state index in [4.69, 9.17) is 0 Å². The number of hydrogen-bond acceptors (Lipinski definition) is 6. The van der Waals surface area contributed by atoms with Gasteiger partial charge >= 0.3 is 23.9 Å². The van der Waals surface area contributed by atoms with Gasteiger partial charge in [-0.05, 0) is 12.8 Å². The molecule has 0 aromatic heterocycles. The van der Waals surface area contributed by atoms with Crippen molar-refractivity contribution in [2.45, 2.75) is 78.1 Å². The summed E-state index contributed by atoms with van der Waals surface area (Å²) >= 11 is 0. The van der Waals surface area contributed by atoms with E-state index in [0.29, 0.717) is 12.8 Å². The van der Waals surface area contributed by atoms with Crippen molar-refractivity contribution in [3.63, 3.8) is 0 Å². The monoisotopic (exact) mass is 340 g/mol. The van der Waals surface area contributed by atoms with Gasteiger partial charge < -0.3 is 9.47 Å². The van der Waals surface area contributed by atoms with Crippen LogP contribution in [0.4, 0.5) is 0 Å². The third-order valence-corrected chi connectivity index (χ3v) is 3.25. The summed E-state index contributed by atoms with van der Waals surface area (Å²) in [6.45, 7) is 4.11. The van der Waals surface area contributed by atoms with Crippen LogP contribution in [-0.4, -0.2) is 23.9 Å². The van der Waals surface area contributed by atoms with Gasteiger partial charge in [0.25, 0.3) is 0 Å². The van der Waals surface area contributed by atoms with Gasteiger partial charge in [-0.25, -0.2) is 9.59 Å². The SMILES string of the molecule is CCCCCCC(=O)OC(=O)/C=C\C(=O)OC(=O)CCCCCC. The average Bonchev–Trinajstić information content (AvgIpc) is 2.54. The summed E-state index contributed by atoms with van der Waals surface area (Å²) in [6.07, 6.45) is 9.21. The molecule has 0 aromatic rings. The van der Waals surface area contributed by atoms with E-state index in [1.165, 1.54) is 0 Å². The molecule has 0 aliphatic rings. The second kappa shape index (κ2) is 14.6. The molecule has 136 valence electrons. The molecule has 0 radical (unpaired) electrons. The van der Waals surface area contributed by atoms with Gasteiger partial charge in [-0.1, -0.05) is 52.4 Å². The number of hydrogen-bond donors (Lipinski definition) is 0. The number of rotatable bonds is 12. The molecular weight excluding hydrogens is 312 g/mol. The third kappa shape index (κ3) is 13.7. The molecular formula is C18H28O6. The molecule has 0 rings (SSSR count). The van der Waals surface area contributed by atoms with E-state index >= 15 is 0 Å². The minimum atomic E-state index is -0.942. The molecule has 0 amide bonds. The lowest BCUT2D eigenvalue weighted by Gasteiger charge is -2.01. The smallest absolute Gasteiger partial charge is 0.338 e. The van der Waals surface area contributed by atoms with Gasteiger partial charge in [0.05, 0.1) is 0 Å². The minimum absolute atomic E-state index is 0.167. The third-order valence-electron chi connectivity index (χ3n) is 3.25. The van der Waals surface area contributed by atoms with E-state index in [1.54, 1.807) is 0 Å². The highest BCUT2D eigenvalue weighted by atomic mass is 16.6. The van der Waals surface area contributed by atoms with Crippen LogP contribution < -0.4 is 0 Å². The van der Waals surface area contributed by atoms with Gasteiger partial charge in [-0.3, -0.25) is 9.59 Å². The van der Waals surface area contributed by atoms with Gasteiger partial charge in [0.15, 0.2) is 0 Å². The van der Waals surface area contributed by atoms with Crippen molar-refractivity contribution in [3.05, 3.63) is 12.2 Å². The Hall–Kier alpha value is -1.98. The van der Waals surface area contributed by atoms with Crippen LogP contribution in [0.2, 0.25) is 0 Å². The number of ether oxygens (including phenoxy) is 2. The number of esters is 4. The Morgan fingerprint density at radius 3 is 1.33 bits per heavy atom. The largest absolute Gasteiger partial charge is 0.390 e. The number of unbranched alkanes of at least 4 members (excludes halogenated alkanes) is 6. The van der Waals surface area contributed by atoms with Crippen LogP contribution in [0.25, 0.3) is 0 Å². The Balaban J connectivity index is 3.92. The fraction of sp³-hybridized carbons (Fsp3) is 0.667. The highest BCUT2D eigenvalue weighted by Gasteiger charge is 2.10. The molecule has 0 saturated carbocycles. The van der Waals surface area contributed by atoms with E-state index in [2.05, 4.69) is 23.3 Å². The van der Waals surface area contributed by atoms with E-state index < -0.39 is 23.9 Å². The van der Waals surface area contributed by atoms with Crippen LogP contribution in [-0.2, 0) is 28.7 Å². The van der Waals surface area contributed by atoms with Crippen molar-refractivity contribution in [2.75, 3.05) is 0 Å². The first-order valence-electron chi connectivity index (χ1n) is 8.66. The topological polar surface area (TPSA) is 86.7 Å². The standard InChI is InChI=1S/C18H28O6/c1-3-5-7-9-11-15(19)23-17(21)13-14-18(22)24-16(20)12-10-8-6-4-2/h13-14H,3-12H2,1-2H3/b14-13-. The van der Waals surface area contributed by atoms with Crippen LogP contribution in [0.15, 0.2) is 12.2 Å². The summed E-state index contributed by atoms with van der Waals surface area (Å²) in [5.41, 5.74) is 0. The molecule has 0 unspecified atom stereocenters. The van der Waals surface area contributed by atoms with Gasteiger partial charge in [-0.15, -0.1) is 0 Å². The van der Waals surface area contributed by atoms with Crippen LogP contribution in [0.3, 0.4) is 0 Å². The summed E-state index contributed by atoms with van der Waals surface area (Å²) < 4.78 is 9.04. The highest BCUT2D eigenvalue weighted by Crippen LogP contribution is 2.05. The van der Waals surface area contributed by atoms with Crippen molar-refractivity contribution >= 4 is 23.9 Å². The Labute approximate surface area is 143 Å². The van der Waals surface area contributed by atoms with E-state index in [0.717, 1.165) is 50.7 Å². The van der Waals surface area contributed by atoms with Crippen LogP contribution in [0.1, 0.15) is 78.1 Å². The van der Waals surface area contributed by atoms with Gasteiger partial charge in [0.2, 0.25) is 0 Å². The first-order valence-corrected chi connectivity index (χ1v) is 8.66. The second-order valence-electron chi connectivity index (χ2n) is 5.54. The molecule has 0 fully saturated rings. The predicted molar refractivity (Wildman–Crippen MR) is 88.9 cm³/mol. The summed E-state index contributed by atoms with van der Waals surface area (Å²) in [7, 11) is 0. The van der Waals surface area contributed by atoms with Crippen molar-refractivity contribution < 1.29 is 28.7 Å². The molecule has 0 saturated heterocycles. The summed E-state index contributed by atoms with van der Waals surface area (Å²) in [5, 5.41) is 0. The molecule has 0 aliphatic heterocycles. The summed E-state index contributed by atoms with van der Waals surface area (Å²) in [4.78, 5) is 45.4. The van der Waals surface area contributed by atoms with E-state index in [9.17, 15) is 19.2 Å². The Bertz CT molecular complexity index is 399. The van der Waals surface area contributed by atoms with Crippen LogP contribution in [0, 0.1) is 0 Å². The highest BCUT2D eigenvalue weighted by molar-refractivity contribution is 5.98. The lowest BCUT2D eigenvalue weighted by Crippen LogP contribution is -2.12. The zero-order valence-electron chi connectivity index (χ0n) is 14.7. The molecule has 24 heavy (non-hydrogen) atoms. The molecule has 0 aromatic carbocycles. The minimum Gasteiger partial charge on any atom is -0.390 e. The predicted octanol–water partition coefficient (Wildman–Crippen LogP) is 3.62. The van der Waals surface area contributed by atoms with Crippen molar-refractivity contribution in [2.24, 2.45) is 0 Å². The maximum atomic E-state index is 11.4. The first kappa shape index (κ1) is 22.0. The lowest BCUT2D eigenvalue weighted by molar-refractivity contribution is -0.159. The van der Waals surface area contributed by atoms with Gasteiger partial charge in [0, 0.05) is 25.0 Å². The zero-order chi connectivity index (χ0) is 18.2. The van der Waals surface area contributed by atoms with Crippen molar-refractivity contribution in [3.8, 4) is 0 Å². The average molecular weight is 340 g/mol. The second-order valence-corrected chi connectivity index (χ2v) is 5.54. The van der Waals surface area contributed by atoms with E-state index in [-0.39, 0.29) is 12.8 Å². The molecule has 0 spiro atoms. The maximum Gasteiger partial charge on any atom is 0.338 e. The molecule has 0 atom stereocenters. The fourth-order valence-electron chi connectivity index (χ4n) is 1.92. The number of carbonyl (C=O) groups is 4.